The highest BCUT2D eigenvalue weighted by molar-refractivity contribution is 5.26. The Labute approximate surface area is 124 Å². The Morgan fingerprint density at radius 1 is 1.00 bits per heavy atom. The van der Waals surface area contributed by atoms with Gasteiger partial charge in [-0.15, -0.1) is 0 Å². The third-order valence-corrected chi connectivity index (χ3v) is 4.36. The Kier molecular flexibility index (Phi) is 5.90. The van der Waals surface area contributed by atoms with Gasteiger partial charge in [0.15, 0.2) is 0 Å². The number of piperidine rings is 1. The number of aryl methyl sites for hydroxylation is 1. The molecule has 2 unspecified atom stereocenters. The van der Waals surface area contributed by atoms with E-state index in [2.05, 4.69) is 49.9 Å². The van der Waals surface area contributed by atoms with Crippen LogP contribution in [0, 0.1) is 6.92 Å². The largest absolute Gasteiger partial charge is 0.491 e. The minimum atomic E-state index is 0.296. The first-order valence-electron chi connectivity index (χ1n) is 8.12. The van der Waals surface area contributed by atoms with Crippen molar-refractivity contribution in [3.63, 3.8) is 0 Å². The summed E-state index contributed by atoms with van der Waals surface area (Å²) in [5, 5.41) is 0. The molecule has 1 aromatic carbocycles. The van der Waals surface area contributed by atoms with Crippen molar-refractivity contribution in [3.8, 4) is 5.75 Å². The van der Waals surface area contributed by atoms with E-state index in [1.807, 2.05) is 0 Å². The molecule has 1 aliphatic rings. The van der Waals surface area contributed by atoms with Crippen molar-refractivity contribution in [2.45, 2.75) is 65.0 Å². The smallest absolute Gasteiger partial charge is 0.119 e. The van der Waals surface area contributed by atoms with Crippen LogP contribution in [-0.4, -0.2) is 30.1 Å². The van der Waals surface area contributed by atoms with Gasteiger partial charge in [-0.1, -0.05) is 24.1 Å². The first kappa shape index (κ1) is 15.4. The van der Waals surface area contributed by atoms with Gasteiger partial charge in [-0.25, -0.2) is 0 Å². The number of benzene rings is 1. The van der Waals surface area contributed by atoms with Crippen LogP contribution in [0.5, 0.6) is 5.75 Å². The van der Waals surface area contributed by atoms with Gasteiger partial charge in [-0.3, -0.25) is 0 Å². The maximum Gasteiger partial charge on any atom is 0.119 e. The van der Waals surface area contributed by atoms with Crippen LogP contribution in [0.1, 0.15) is 51.5 Å². The molecule has 2 heteroatoms. The molecule has 0 amide bonds. The highest BCUT2D eigenvalue weighted by Crippen LogP contribution is 2.18. The van der Waals surface area contributed by atoms with E-state index in [4.69, 9.17) is 4.74 Å². The molecule has 0 spiro atoms. The predicted octanol–water partition coefficient (Wildman–Crippen LogP) is 4.42. The SMILES string of the molecule is Cc1ccc(OC(C)CCC(C)N2CCCCC2)cc1. The van der Waals surface area contributed by atoms with E-state index in [0.29, 0.717) is 12.1 Å². The zero-order chi connectivity index (χ0) is 14.4. The molecule has 1 aromatic rings. The van der Waals surface area contributed by atoms with E-state index in [-0.39, 0.29) is 0 Å². The molecule has 2 rings (SSSR count). The fourth-order valence-electron chi connectivity index (χ4n) is 2.93. The summed E-state index contributed by atoms with van der Waals surface area (Å²) >= 11 is 0. The van der Waals surface area contributed by atoms with Crippen molar-refractivity contribution < 1.29 is 4.74 Å². The Morgan fingerprint density at radius 3 is 2.30 bits per heavy atom. The first-order chi connectivity index (χ1) is 9.65. The summed E-state index contributed by atoms with van der Waals surface area (Å²) in [6, 6.07) is 9.05. The second-order valence-electron chi connectivity index (χ2n) is 6.26. The Bertz CT molecular complexity index is 381. The highest BCUT2D eigenvalue weighted by Gasteiger charge is 2.17. The molecule has 0 bridgehead atoms. The van der Waals surface area contributed by atoms with Gasteiger partial charge in [0.25, 0.3) is 0 Å². The number of rotatable bonds is 6. The van der Waals surface area contributed by atoms with Crippen LogP contribution < -0.4 is 4.74 Å². The lowest BCUT2D eigenvalue weighted by Gasteiger charge is -2.32. The summed E-state index contributed by atoms with van der Waals surface area (Å²) in [5.41, 5.74) is 1.28. The lowest BCUT2D eigenvalue weighted by Crippen LogP contribution is -2.37. The summed E-state index contributed by atoms with van der Waals surface area (Å²) in [4.78, 5) is 2.64. The molecule has 1 saturated heterocycles. The molecule has 2 nitrogen and oxygen atoms in total. The standard InChI is InChI=1S/C18H29NO/c1-15-7-11-18(12-8-15)20-17(3)10-9-16(2)19-13-5-4-6-14-19/h7-8,11-12,16-17H,4-6,9-10,13-14H2,1-3H3. The second-order valence-corrected chi connectivity index (χ2v) is 6.26. The van der Waals surface area contributed by atoms with Crippen LogP contribution >= 0.6 is 0 Å². The van der Waals surface area contributed by atoms with Crippen LogP contribution in [0.25, 0.3) is 0 Å². The number of hydrogen-bond donors (Lipinski definition) is 0. The van der Waals surface area contributed by atoms with E-state index in [0.717, 1.165) is 12.2 Å². The zero-order valence-electron chi connectivity index (χ0n) is 13.3. The number of hydrogen-bond acceptors (Lipinski definition) is 2. The van der Waals surface area contributed by atoms with E-state index in [1.165, 1.54) is 44.3 Å². The van der Waals surface area contributed by atoms with Crippen LogP contribution in [0.15, 0.2) is 24.3 Å². The summed E-state index contributed by atoms with van der Waals surface area (Å²) in [5.74, 6) is 0.994. The molecule has 0 aromatic heterocycles. The third kappa shape index (κ3) is 4.82. The van der Waals surface area contributed by atoms with Crippen molar-refractivity contribution in [1.82, 2.24) is 4.90 Å². The van der Waals surface area contributed by atoms with Crippen LogP contribution in [0.3, 0.4) is 0 Å². The summed E-state index contributed by atoms with van der Waals surface area (Å²) in [6.45, 7) is 9.23. The van der Waals surface area contributed by atoms with E-state index >= 15 is 0 Å². The van der Waals surface area contributed by atoms with Crippen LogP contribution in [0.4, 0.5) is 0 Å². The number of ether oxygens (including phenoxy) is 1. The molecule has 0 aliphatic carbocycles. The molecule has 20 heavy (non-hydrogen) atoms. The van der Waals surface area contributed by atoms with Gasteiger partial charge < -0.3 is 9.64 Å². The van der Waals surface area contributed by atoms with Crippen molar-refractivity contribution in [2.24, 2.45) is 0 Å². The van der Waals surface area contributed by atoms with Crippen molar-refractivity contribution >= 4 is 0 Å². The molecule has 1 heterocycles. The lowest BCUT2D eigenvalue weighted by atomic mass is 10.0. The molecule has 1 aliphatic heterocycles. The number of nitrogens with zero attached hydrogens (tertiary/aromatic N) is 1. The quantitative estimate of drug-likeness (QED) is 0.762. The average Bonchev–Trinajstić information content (AvgIpc) is 2.48. The first-order valence-corrected chi connectivity index (χ1v) is 8.12. The highest BCUT2D eigenvalue weighted by atomic mass is 16.5. The van der Waals surface area contributed by atoms with E-state index in [9.17, 15) is 0 Å². The molecular weight excluding hydrogens is 246 g/mol. The summed E-state index contributed by atoms with van der Waals surface area (Å²) in [6.07, 6.45) is 6.82. The average molecular weight is 275 g/mol. The van der Waals surface area contributed by atoms with Gasteiger partial charge in [-0.05, 0) is 71.7 Å². The summed E-state index contributed by atoms with van der Waals surface area (Å²) < 4.78 is 5.99. The molecule has 2 atom stereocenters. The fraction of sp³-hybridized carbons (Fsp3) is 0.667. The molecule has 0 saturated carbocycles. The van der Waals surface area contributed by atoms with Crippen molar-refractivity contribution in [1.29, 1.82) is 0 Å². The predicted molar refractivity (Wildman–Crippen MR) is 85.4 cm³/mol. The van der Waals surface area contributed by atoms with E-state index < -0.39 is 0 Å². The van der Waals surface area contributed by atoms with Gasteiger partial charge >= 0.3 is 0 Å². The number of likely N-dealkylation sites (tertiary alicyclic amines) is 1. The van der Waals surface area contributed by atoms with Crippen molar-refractivity contribution in [3.05, 3.63) is 29.8 Å². The van der Waals surface area contributed by atoms with Gasteiger partial charge in [0, 0.05) is 6.04 Å². The lowest BCUT2D eigenvalue weighted by molar-refractivity contribution is 0.142. The maximum atomic E-state index is 5.99. The van der Waals surface area contributed by atoms with Gasteiger partial charge in [0.1, 0.15) is 5.75 Å². The summed E-state index contributed by atoms with van der Waals surface area (Å²) in [7, 11) is 0. The molecule has 0 N–H and O–H groups in total. The fourth-order valence-corrected chi connectivity index (χ4v) is 2.93. The molecule has 1 fully saturated rings. The Balaban J connectivity index is 1.71. The minimum absolute atomic E-state index is 0.296. The molecular formula is C18H29NO. The Morgan fingerprint density at radius 2 is 1.65 bits per heavy atom. The minimum Gasteiger partial charge on any atom is -0.491 e. The van der Waals surface area contributed by atoms with Gasteiger partial charge in [0.05, 0.1) is 6.10 Å². The second kappa shape index (κ2) is 7.68. The Hall–Kier alpha value is -1.02. The monoisotopic (exact) mass is 275 g/mol. The van der Waals surface area contributed by atoms with Gasteiger partial charge in [0.2, 0.25) is 0 Å². The normalized spacial score (nSPS) is 19.6. The van der Waals surface area contributed by atoms with Crippen molar-refractivity contribution in [2.75, 3.05) is 13.1 Å². The topological polar surface area (TPSA) is 12.5 Å². The third-order valence-electron chi connectivity index (χ3n) is 4.36. The van der Waals surface area contributed by atoms with Crippen LogP contribution in [0.2, 0.25) is 0 Å². The van der Waals surface area contributed by atoms with E-state index in [1.54, 1.807) is 0 Å². The maximum absolute atomic E-state index is 5.99. The van der Waals surface area contributed by atoms with Gasteiger partial charge in [-0.2, -0.15) is 0 Å². The molecule has 0 radical (unpaired) electrons. The zero-order valence-corrected chi connectivity index (χ0v) is 13.3. The molecule has 112 valence electrons. The van der Waals surface area contributed by atoms with Crippen LogP contribution in [-0.2, 0) is 0 Å².